The van der Waals surface area contributed by atoms with E-state index in [0.29, 0.717) is 6.42 Å². The molecular weight excluding hydrogens is 322 g/mol. The maximum Gasteiger partial charge on any atom is 0.328 e. The van der Waals surface area contributed by atoms with E-state index in [-0.39, 0.29) is 18.9 Å². The lowest BCUT2D eigenvalue weighted by molar-refractivity contribution is -0.145. The molecule has 3 N–H and O–H groups in total. The van der Waals surface area contributed by atoms with E-state index in [9.17, 15) is 14.4 Å². The highest BCUT2D eigenvalue weighted by Gasteiger charge is 2.22. The lowest BCUT2D eigenvalue weighted by atomic mass is 10.1. The summed E-state index contributed by atoms with van der Waals surface area (Å²) in [6.07, 6.45) is 3.93. The Hall–Kier alpha value is -3.09. The van der Waals surface area contributed by atoms with E-state index in [4.69, 9.17) is 4.74 Å². The van der Waals surface area contributed by atoms with Crippen molar-refractivity contribution in [3.8, 4) is 0 Å². The molecule has 1 aromatic heterocycles. The van der Waals surface area contributed by atoms with E-state index in [1.54, 1.807) is 18.5 Å². The minimum atomic E-state index is -0.804. The van der Waals surface area contributed by atoms with Gasteiger partial charge in [-0.25, -0.2) is 4.79 Å². The molecule has 7 heteroatoms. The van der Waals surface area contributed by atoms with E-state index in [2.05, 4.69) is 15.6 Å². The van der Waals surface area contributed by atoms with Crippen molar-refractivity contribution in [2.24, 2.45) is 0 Å². The highest BCUT2D eigenvalue weighted by molar-refractivity contribution is 5.88. The van der Waals surface area contributed by atoms with Crippen molar-refractivity contribution >= 4 is 17.8 Å². The predicted octanol–water partition coefficient (Wildman–Crippen LogP) is 0.574. The number of benzene rings is 1. The van der Waals surface area contributed by atoms with Crippen LogP contribution in [-0.4, -0.2) is 42.5 Å². The van der Waals surface area contributed by atoms with E-state index in [1.165, 1.54) is 7.11 Å². The van der Waals surface area contributed by atoms with Crippen molar-refractivity contribution in [1.29, 1.82) is 0 Å². The number of methoxy groups -OCH3 is 1. The molecular formula is C18H21N3O4. The van der Waals surface area contributed by atoms with E-state index >= 15 is 0 Å². The Morgan fingerprint density at radius 2 is 1.84 bits per heavy atom. The van der Waals surface area contributed by atoms with Gasteiger partial charge in [0.2, 0.25) is 11.8 Å². The molecule has 132 valence electrons. The molecule has 0 spiro atoms. The second-order valence-electron chi connectivity index (χ2n) is 5.51. The Morgan fingerprint density at radius 3 is 2.48 bits per heavy atom. The van der Waals surface area contributed by atoms with Crippen LogP contribution in [0.1, 0.15) is 11.1 Å². The summed E-state index contributed by atoms with van der Waals surface area (Å²) in [6.45, 7) is -0.203. The Balaban J connectivity index is 1.84. The molecule has 2 rings (SSSR count). The smallest absolute Gasteiger partial charge is 0.328 e. The Kier molecular flexibility index (Phi) is 6.76. The molecule has 0 radical (unpaired) electrons. The van der Waals surface area contributed by atoms with Crippen LogP contribution in [0.3, 0.4) is 0 Å². The van der Waals surface area contributed by atoms with Gasteiger partial charge in [0.15, 0.2) is 0 Å². The first kappa shape index (κ1) is 18.3. The van der Waals surface area contributed by atoms with Crippen LogP contribution in [0.25, 0.3) is 0 Å². The van der Waals surface area contributed by atoms with E-state index < -0.39 is 17.9 Å². The van der Waals surface area contributed by atoms with Gasteiger partial charge in [-0.1, -0.05) is 30.3 Å². The fourth-order valence-corrected chi connectivity index (χ4v) is 2.33. The molecule has 1 atom stereocenters. The normalized spacial score (nSPS) is 11.4. The number of hydrogen-bond acceptors (Lipinski definition) is 4. The van der Waals surface area contributed by atoms with Crippen LogP contribution in [0.15, 0.2) is 48.8 Å². The zero-order chi connectivity index (χ0) is 18.1. The first-order chi connectivity index (χ1) is 12.1. The van der Waals surface area contributed by atoms with Gasteiger partial charge in [-0.15, -0.1) is 0 Å². The summed E-state index contributed by atoms with van der Waals surface area (Å²) in [6, 6.07) is 10.3. The number of aromatic amines is 1. The van der Waals surface area contributed by atoms with Crippen LogP contribution < -0.4 is 10.6 Å². The molecule has 2 amide bonds. The Morgan fingerprint density at radius 1 is 1.08 bits per heavy atom. The number of ether oxygens (including phenoxy) is 1. The van der Waals surface area contributed by atoms with Crippen LogP contribution in [-0.2, 0) is 32.0 Å². The zero-order valence-corrected chi connectivity index (χ0v) is 14.0. The number of nitrogens with one attached hydrogen (secondary N) is 3. The number of amides is 2. The molecule has 7 nitrogen and oxygen atoms in total. The minimum absolute atomic E-state index is 0.182. The van der Waals surface area contributed by atoms with Gasteiger partial charge in [-0.2, -0.15) is 0 Å². The van der Waals surface area contributed by atoms with Gasteiger partial charge in [0, 0.05) is 18.8 Å². The van der Waals surface area contributed by atoms with Crippen LogP contribution in [0.4, 0.5) is 0 Å². The van der Waals surface area contributed by atoms with Crippen LogP contribution in [0.5, 0.6) is 0 Å². The highest BCUT2D eigenvalue weighted by atomic mass is 16.5. The second kappa shape index (κ2) is 9.27. The second-order valence-corrected chi connectivity index (χ2v) is 5.51. The van der Waals surface area contributed by atoms with Crippen LogP contribution >= 0.6 is 0 Å². The summed E-state index contributed by atoms with van der Waals surface area (Å²) in [5.41, 5.74) is 1.73. The maximum absolute atomic E-state index is 12.0. The first-order valence-corrected chi connectivity index (χ1v) is 7.88. The van der Waals surface area contributed by atoms with Gasteiger partial charge in [-0.05, 0) is 17.2 Å². The summed E-state index contributed by atoms with van der Waals surface area (Å²) in [7, 11) is 1.27. The molecule has 0 unspecified atom stereocenters. The number of carbonyl (C=O) groups is 3. The van der Waals surface area contributed by atoms with Crippen molar-refractivity contribution in [2.75, 3.05) is 13.7 Å². The standard InChI is InChI=1S/C18H21N3O4/c1-25-18(24)15(9-13-5-3-2-4-6-13)21-17(23)12-20-16(22)10-14-7-8-19-11-14/h2-8,11,15,19H,9-10,12H2,1H3,(H,20,22)(H,21,23)/t15-/m1/s1. The maximum atomic E-state index is 12.0. The van der Waals surface area contributed by atoms with Gasteiger partial charge < -0.3 is 20.4 Å². The third-order valence-electron chi connectivity index (χ3n) is 3.58. The molecule has 0 aliphatic heterocycles. The number of hydrogen-bond donors (Lipinski definition) is 3. The SMILES string of the molecule is COC(=O)[C@@H](Cc1ccccc1)NC(=O)CNC(=O)Cc1cc[nH]c1. The lowest BCUT2D eigenvalue weighted by Crippen LogP contribution is -2.47. The number of H-pyrrole nitrogens is 1. The van der Waals surface area contributed by atoms with Crippen molar-refractivity contribution in [2.45, 2.75) is 18.9 Å². The average molecular weight is 343 g/mol. The monoisotopic (exact) mass is 343 g/mol. The topological polar surface area (TPSA) is 100 Å². The van der Waals surface area contributed by atoms with Gasteiger partial charge in [0.25, 0.3) is 0 Å². The average Bonchev–Trinajstić information content (AvgIpc) is 3.12. The number of carbonyl (C=O) groups excluding carboxylic acids is 3. The summed E-state index contributed by atoms with van der Waals surface area (Å²) in [5, 5.41) is 5.13. The Bertz CT molecular complexity index is 698. The summed E-state index contributed by atoms with van der Waals surface area (Å²) < 4.78 is 4.74. The summed E-state index contributed by atoms with van der Waals surface area (Å²) in [5.74, 6) is -1.25. The van der Waals surface area contributed by atoms with Gasteiger partial charge >= 0.3 is 5.97 Å². The van der Waals surface area contributed by atoms with Crippen molar-refractivity contribution in [3.63, 3.8) is 0 Å². The summed E-state index contributed by atoms with van der Waals surface area (Å²) in [4.78, 5) is 38.5. The number of esters is 1. The van der Waals surface area contributed by atoms with Crippen molar-refractivity contribution in [1.82, 2.24) is 15.6 Å². The molecule has 0 aliphatic rings. The van der Waals surface area contributed by atoms with Crippen LogP contribution in [0, 0.1) is 0 Å². The molecule has 1 aromatic carbocycles. The minimum Gasteiger partial charge on any atom is -0.467 e. The molecule has 0 saturated heterocycles. The fraction of sp³-hybridized carbons (Fsp3) is 0.278. The molecule has 0 bridgehead atoms. The first-order valence-electron chi connectivity index (χ1n) is 7.88. The largest absolute Gasteiger partial charge is 0.467 e. The lowest BCUT2D eigenvalue weighted by Gasteiger charge is -2.17. The van der Waals surface area contributed by atoms with Crippen molar-refractivity contribution < 1.29 is 19.1 Å². The molecule has 25 heavy (non-hydrogen) atoms. The van der Waals surface area contributed by atoms with Gasteiger partial charge in [0.05, 0.1) is 20.1 Å². The molecule has 0 aliphatic carbocycles. The molecule has 0 saturated carbocycles. The third kappa shape index (κ3) is 6.14. The predicted molar refractivity (Wildman–Crippen MR) is 91.6 cm³/mol. The van der Waals surface area contributed by atoms with E-state index in [0.717, 1.165) is 11.1 Å². The number of rotatable bonds is 8. The number of aromatic nitrogens is 1. The molecule has 2 aromatic rings. The summed E-state index contributed by atoms with van der Waals surface area (Å²) >= 11 is 0. The highest BCUT2D eigenvalue weighted by Crippen LogP contribution is 2.04. The van der Waals surface area contributed by atoms with E-state index in [1.807, 2.05) is 30.3 Å². The molecule has 0 fully saturated rings. The molecule has 1 heterocycles. The quantitative estimate of drug-likeness (QED) is 0.610. The van der Waals surface area contributed by atoms with Gasteiger partial charge in [-0.3, -0.25) is 9.59 Å². The third-order valence-corrected chi connectivity index (χ3v) is 3.58. The Labute approximate surface area is 145 Å². The fourth-order valence-electron chi connectivity index (χ4n) is 2.33. The van der Waals surface area contributed by atoms with Crippen molar-refractivity contribution in [3.05, 3.63) is 59.9 Å². The van der Waals surface area contributed by atoms with Crippen LogP contribution in [0.2, 0.25) is 0 Å². The zero-order valence-electron chi connectivity index (χ0n) is 14.0. The van der Waals surface area contributed by atoms with Gasteiger partial charge in [0.1, 0.15) is 6.04 Å².